The summed E-state index contributed by atoms with van der Waals surface area (Å²) >= 11 is 0. The Hall–Kier alpha value is -2.56. The Kier molecular flexibility index (Phi) is 3.43. The van der Waals surface area contributed by atoms with E-state index >= 15 is 0 Å². The Morgan fingerprint density at radius 1 is 1.33 bits per heavy atom. The van der Waals surface area contributed by atoms with Crippen molar-refractivity contribution < 1.29 is 9.90 Å². The highest BCUT2D eigenvalue weighted by Crippen LogP contribution is 2.17. The molecule has 0 aliphatic rings. The number of hydrogen-bond acceptors (Lipinski definition) is 4. The lowest BCUT2D eigenvalue weighted by molar-refractivity contribution is 0.0995. The normalized spacial score (nSPS) is 10.0. The van der Waals surface area contributed by atoms with Crippen molar-refractivity contribution >= 4 is 11.6 Å². The Morgan fingerprint density at radius 2 is 2.11 bits per heavy atom. The second kappa shape index (κ2) is 5.18. The van der Waals surface area contributed by atoms with Gasteiger partial charge < -0.3 is 16.2 Å². The summed E-state index contributed by atoms with van der Waals surface area (Å²) < 4.78 is 0. The van der Waals surface area contributed by atoms with Gasteiger partial charge in [-0.15, -0.1) is 0 Å². The number of carbonyl (C=O) groups excluding carboxylic acids is 1. The highest BCUT2D eigenvalue weighted by Gasteiger charge is 2.03. The molecular formula is C13H13N3O2. The molecule has 18 heavy (non-hydrogen) atoms. The van der Waals surface area contributed by atoms with E-state index in [0.29, 0.717) is 6.54 Å². The summed E-state index contributed by atoms with van der Waals surface area (Å²) in [5.74, 6) is -0.338. The average molecular weight is 243 g/mol. The van der Waals surface area contributed by atoms with Gasteiger partial charge in [-0.1, -0.05) is 18.2 Å². The van der Waals surface area contributed by atoms with Gasteiger partial charge in [0, 0.05) is 24.0 Å². The standard InChI is InChI=1S/C13H13N3O2/c14-13(18)11-7-10(5-6-15-11)16-8-9-3-1-2-4-12(9)17/h1-7,17H,8H2,(H2,14,18)(H,15,16). The van der Waals surface area contributed by atoms with Gasteiger partial charge in [0.15, 0.2) is 0 Å². The predicted octanol–water partition coefficient (Wildman–Crippen LogP) is 1.50. The molecule has 0 radical (unpaired) electrons. The molecule has 0 unspecified atom stereocenters. The van der Waals surface area contributed by atoms with E-state index < -0.39 is 5.91 Å². The summed E-state index contributed by atoms with van der Waals surface area (Å²) in [7, 11) is 0. The molecule has 0 saturated heterocycles. The van der Waals surface area contributed by atoms with Gasteiger partial charge in [-0.2, -0.15) is 0 Å². The molecule has 1 amide bonds. The number of carbonyl (C=O) groups is 1. The SMILES string of the molecule is NC(=O)c1cc(NCc2ccccc2O)ccn1. The molecule has 0 atom stereocenters. The number of amides is 1. The van der Waals surface area contributed by atoms with E-state index in [1.807, 2.05) is 12.1 Å². The number of primary amides is 1. The van der Waals surface area contributed by atoms with Crippen LogP contribution in [0.1, 0.15) is 16.1 Å². The second-order valence-electron chi connectivity index (χ2n) is 3.78. The van der Waals surface area contributed by atoms with Crippen LogP contribution in [0, 0.1) is 0 Å². The van der Waals surface area contributed by atoms with E-state index in [1.54, 1.807) is 24.3 Å². The number of rotatable bonds is 4. The number of hydrogen-bond donors (Lipinski definition) is 3. The first-order chi connectivity index (χ1) is 8.66. The average Bonchev–Trinajstić information content (AvgIpc) is 2.38. The molecule has 0 aliphatic carbocycles. The fourth-order valence-corrected chi connectivity index (χ4v) is 1.53. The zero-order valence-corrected chi connectivity index (χ0v) is 9.63. The van der Waals surface area contributed by atoms with Crippen LogP contribution in [0.25, 0.3) is 0 Å². The highest BCUT2D eigenvalue weighted by molar-refractivity contribution is 5.91. The Bertz CT molecular complexity index is 570. The topological polar surface area (TPSA) is 88.2 Å². The summed E-state index contributed by atoms with van der Waals surface area (Å²) in [4.78, 5) is 14.8. The zero-order chi connectivity index (χ0) is 13.0. The molecule has 0 bridgehead atoms. The Balaban J connectivity index is 2.09. The molecule has 0 fully saturated rings. The fraction of sp³-hybridized carbons (Fsp3) is 0.0769. The quantitative estimate of drug-likeness (QED) is 0.759. The first-order valence-corrected chi connectivity index (χ1v) is 5.43. The lowest BCUT2D eigenvalue weighted by Crippen LogP contribution is -2.13. The molecule has 92 valence electrons. The van der Waals surface area contributed by atoms with Crippen LogP contribution in [0.3, 0.4) is 0 Å². The van der Waals surface area contributed by atoms with E-state index in [0.717, 1.165) is 11.3 Å². The van der Waals surface area contributed by atoms with Crippen LogP contribution < -0.4 is 11.1 Å². The van der Waals surface area contributed by atoms with Gasteiger partial charge >= 0.3 is 0 Å². The zero-order valence-electron chi connectivity index (χ0n) is 9.63. The van der Waals surface area contributed by atoms with Crippen molar-refractivity contribution in [2.75, 3.05) is 5.32 Å². The minimum atomic E-state index is -0.568. The molecule has 0 aliphatic heterocycles. The Morgan fingerprint density at radius 3 is 2.83 bits per heavy atom. The van der Waals surface area contributed by atoms with Crippen molar-refractivity contribution in [1.29, 1.82) is 0 Å². The molecule has 1 heterocycles. The van der Waals surface area contributed by atoms with Crippen molar-refractivity contribution in [2.45, 2.75) is 6.54 Å². The van der Waals surface area contributed by atoms with Crippen molar-refractivity contribution in [3.63, 3.8) is 0 Å². The number of pyridine rings is 1. The molecule has 5 nitrogen and oxygen atoms in total. The molecule has 0 saturated carbocycles. The molecule has 1 aromatic heterocycles. The maximum Gasteiger partial charge on any atom is 0.267 e. The number of aromatic hydroxyl groups is 1. The molecule has 1 aromatic carbocycles. The molecule has 5 heteroatoms. The number of benzene rings is 1. The Labute approximate surface area is 104 Å². The lowest BCUT2D eigenvalue weighted by atomic mass is 10.2. The van der Waals surface area contributed by atoms with E-state index in [9.17, 15) is 9.90 Å². The number of nitrogens with two attached hydrogens (primary N) is 1. The summed E-state index contributed by atoms with van der Waals surface area (Å²) in [6.45, 7) is 0.453. The summed E-state index contributed by atoms with van der Waals surface area (Å²) in [6.07, 6.45) is 1.51. The van der Waals surface area contributed by atoms with Crippen molar-refractivity contribution in [1.82, 2.24) is 4.98 Å². The first kappa shape index (κ1) is 11.9. The third kappa shape index (κ3) is 2.76. The predicted molar refractivity (Wildman–Crippen MR) is 68.2 cm³/mol. The number of para-hydroxylation sites is 1. The first-order valence-electron chi connectivity index (χ1n) is 5.43. The monoisotopic (exact) mass is 243 g/mol. The maximum absolute atomic E-state index is 11.0. The van der Waals surface area contributed by atoms with Crippen LogP contribution in [0.5, 0.6) is 5.75 Å². The minimum absolute atomic E-state index is 0.206. The molecule has 2 aromatic rings. The van der Waals surface area contributed by atoms with E-state index in [4.69, 9.17) is 5.73 Å². The fourth-order valence-electron chi connectivity index (χ4n) is 1.53. The van der Waals surface area contributed by atoms with Crippen LogP contribution >= 0.6 is 0 Å². The van der Waals surface area contributed by atoms with E-state index in [2.05, 4.69) is 10.3 Å². The van der Waals surface area contributed by atoms with Gasteiger partial charge in [-0.25, -0.2) is 0 Å². The largest absolute Gasteiger partial charge is 0.508 e. The van der Waals surface area contributed by atoms with Crippen molar-refractivity contribution in [3.8, 4) is 5.75 Å². The summed E-state index contributed by atoms with van der Waals surface area (Å²) in [5.41, 5.74) is 6.85. The highest BCUT2D eigenvalue weighted by atomic mass is 16.3. The van der Waals surface area contributed by atoms with Crippen LogP contribution in [0.2, 0.25) is 0 Å². The minimum Gasteiger partial charge on any atom is -0.508 e. The van der Waals surface area contributed by atoms with Gasteiger partial charge in [0.05, 0.1) is 0 Å². The number of anilines is 1. The number of nitrogens with zero attached hydrogens (tertiary/aromatic N) is 1. The van der Waals surface area contributed by atoms with Crippen LogP contribution in [0.15, 0.2) is 42.6 Å². The van der Waals surface area contributed by atoms with Gasteiger partial charge in [-0.3, -0.25) is 9.78 Å². The molecule has 4 N–H and O–H groups in total. The van der Waals surface area contributed by atoms with Gasteiger partial charge in [-0.05, 0) is 18.2 Å². The third-order valence-electron chi connectivity index (χ3n) is 2.49. The summed E-state index contributed by atoms with van der Waals surface area (Å²) in [6, 6.07) is 10.3. The van der Waals surface area contributed by atoms with E-state index in [1.165, 1.54) is 6.20 Å². The number of aromatic nitrogens is 1. The number of nitrogens with one attached hydrogen (secondary N) is 1. The van der Waals surface area contributed by atoms with Crippen LogP contribution in [-0.4, -0.2) is 16.0 Å². The lowest BCUT2D eigenvalue weighted by Gasteiger charge is -2.08. The van der Waals surface area contributed by atoms with Gasteiger partial charge in [0.2, 0.25) is 0 Å². The number of phenols is 1. The van der Waals surface area contributed by atoms with Crippen LogP contribution in [0.4, 0.5) is 5.69 Å². The van der Waals surface area contributed by atoms with Gasteiger partial charge in [0.1, 0.15) is 11.4 Å². The van der Waals surface area contributed by atoms with Crippen molar-refractivity contribution in [3.05, 3.63) is 53.9 Å². The second-order valence-corrected chi connectivity index (χ2v) is 3.78. The van der Waals surface area contributed by atoms with Gasteiger partial charge in [0.25, 0.3) is 5.91 Å². The van der Waals surface area contributed by atoms with Crippen LogP contribution in [-0.2, 0) is 6.54 Å². The number of phenolic OH excluding ortho intramolecular Hbond substituents is 1. The molecular weight excluding hydrogens is 230 g/mol. The maximum atomic E-state index is 11.0. The third-order valence-corrected chi connectivity index (χ3v) is 2.49. The van der Waals surface area contributed by atoms with E-state index in [-0.39, 0.29) is 11.4 Å². The molecule has 2 rings (SSSR count). The molecule has 0 spiro atoms. The summed E-state index contributed by atoms with van der Waals surface area (Å²) in [5, 5.41) is 12.7. The van der Waals surface area contributed by atoms with Crippen molar-refractivity contribution in [2.24, 2.45) is 5.73 Å². The smallest absolute Gasteiger partial charge is 0.267 e.